The highest BCUT2D eigenvalue weighted by atomic mass is 32.2. The Balaban J connectivity index is 1.64. The number of benzene rings is 1. The molecule has 0 amide bonds. The molecule has 1 fully saturated rings. The van der Waals surface area contributed by atoms with Crippen LogP contribution in [0.3, 0.4) is 0 Å². The van der Waals surface area contributed by atoms with Gasteiger partial charge in [-0.1, -0.05) is 19.1 Å². The Morgan fingerprint density at radius 1 is 1.24 bits per heavy atom. The Labute approximate surface area is 146 Å². The summed E-state index contributed by atoms with van der Waals surface area (Å²) in [6, 6.07) is 9.27. The van der Waals surface area contributed by atoms with Crippen LogP contribution in [0.4, 0.5) is 5.69 Å². The quantitative estimate of drug-likeness (QED) is 0.555. The molecule has 25 heavy (non-hydrogen) atoms. The van der Waals surface area contributed by atoms with Crippen molar-refractivity contribution in [1.82, 2.24) is 4.31 Å². The fourth-order valence-electron chi connectivity index (χ4n) is 2.75. The fourth-order valence-corrected chi connectivity index (χ4v) is 3.91. The summed E-state index contributed by atoms with van der Waals surface area (Å²) in [4.78, 5) is 10.1. The van der Waals surface area contributed by atoms with Gasteiger partial charge in [0.25, 0.3) is 5.69 Å². The van der Waals surface area contributed by atoms with Crippen molar-refractivity contribution in [3.8, 4) is 0 Å². The largest absolute Gasteiger partial charge is 0.464 e. The summed E-state index contributed by atoms with van der Waals surface area (Å²) in [5, 5.41) is 10.7. The summed E-state index contributed by atoms with van der Waals surface area (Å²) in [7, 11) is -2.04. The van der Waals surface area contributed by atoms with Gasteiger partial charge in [-0.2, -0.15) is 4.31 Å². The van der Waals surface area contributed by atoms with Crippen LogP contribution >= 0.6 is 0 Å². The van der Waals surface area contributed by atoms with Crippen molar-refractivity contribution in [2.45, 2.75) is 31.6 Å². The Morgan fingerprint density at radius 3 is 2.44 bits per heavy atom. The first kappa shape index (κ1) is 17.6. The number of furan rings is 1. The van der Waals surface area contributed by atoms with Crippen molar-refractivity contribution in [3.05, 3.63) is 63.6 Å². The third kappa shape index (κ3) is 4.08. The first-order valence-electron chi connectivity index (χ1n) is 8.02. The second kappa shape index (κ2) is 6.61. The standard InChI is InChI=1S/C17H20N2O5S/c1-12-9-16(12)17-8-7-15(24-17)10-18(2)25(22,23)11-13-3-5-14(6-4-13)19(20)21/h3-8,12,16H,9-11H2,1-2H3. The third-order valence-electron chi connectivity index (χ3n) is 4.51. The van der Waals surface area contributed by atoms with Gasteiger partial charge in [0.2, 0.25) is 10.0 Å². The number of nitro benzene ring substituents is 1. The van der Waals surface area contributed by atoms with Crippen LogP contribution in [-0.4, -0.2) is 24.7 Å². The molecule has 7 nitrogen and oxygen atoms in total. The summed E-state index contributed by atoms with van der Waals surface area (Å²) in [6.45, 7) is 2.32. The maximum absolute atomic E-state index is 12.5. The molecule has 0 spiro atoms. The molecule has 0 N–H and O–H groups in total. The number of hydrogen-bond acceptors (Lipinski definition) is 5. The average molecular weight is 364 g/mol. The van der Waals surface area contributed by atoms with Crippen molar-refractivity contribution in [2.24, 2.45) is 5.92 Å². The zero-order chi connectivity index (χ0) is 18.2. The van der Waals surface area contributed by atoms with Crippen molar-refractivity contribution in [3.63, 3.8) is 0 Å². The molecule has 0 saturated heterocycles. The summed E-state index contributed by atoms with van der Waals surface area (Å²) in [5.74, 6) is 2.40. The third-order valence-corrected chi connectivity index (χ3v) is 6.28. The molecule has 1 aliphatic rings. The molecule has 134 valence electrons. The number of hydrogen-bond donors (Lipinski definition) is 0. The van der Waals surface area contributed by atoms with E-state index in [0.29, 0.717) is 23.2 Å². The van der Waals surface area contributed by atoms with E-state index < -0.39 is 14.9 Å². The van der Waals surface area contributed by atoms with E-state index in [1.807, 2.05) is 12.1 Å². The van der Waals surface area contributed by atoms with Crippen LogP contribution < -0.4 is 0 Å². The smallest absolute Gasteiger partial charge is 0.269 e. The molecule has 2 atom stereocenters. The lowest BCUT2D eigenvalue weighted by molar-refractivity contribution is -0.384. The van der Waals surface area contributed by atoms with Crippen molar-refractivity contribution in [1.29, 1.82) is 0 Å². The molecule has 0 bridgehead atoms. The minimum atomic E-state index is -3.55. The SMILES string of the molecule is CC1CC1c1ccc(CN(C)S(=O)(=O)Cc2ccc([N+](=O)[O-])cc2)o1. The summed E-state index contributed by atoms with van der Waals surface area (Å²) >= 11 is 0. The van der Waals surface area contributed by atoms with Gasteiger partial charge in [0.1, 0.15) is 11.5 Å². The van der Waals surface area contributed by atoms with Gasteiger partial charge in [0, 0.05) is 25.1 Å². The number of nitro groups is 1. The molecular formula is C17H20N2O5S. The van der Waals surface area contributed by atoms with Gasteiger partial charge in [0.05, 0.1) is 17.2 Å². The molecule has 0 radical (unpaired) electrons. The summed E-state index contributed by atoms with van der Waals surface area (Å²) < 4.78 is 32.0. The van der Waals surface area contributed by atoms with E-state index in [0.717, 1.165) is 12.2 Å². The zero-order valence-electron chi connectivity index (χ0n) is 14.1. The Hall–Kier alpha value is -2.19. The topological polar surface area (TPSA) is 93.7 Å². The van der Waals surface area contributed by atoms with Gasteiger partial charge in [-0.05, 0) is 30.0 Å². The fraction of sp³-hybridized carbons (Fsp3) is 0.412. The van der Waals surface area contributed by atoms with Gasteiger partial charge in [-0.25, -0.2) is 8.42 Å². The predicted octanol–water partition coefficient (Wildman–Crippen LogP) is 3.27. The van der Waals surface area contributed by atoms with E-state index >= 15 is 0 Å². The molecule has 1 aliphatic carbocycles. The summed E-state index contributed by atoms with van der Waals surface area (Å²) in [6.07, 6.45) is 1.11. The first-order chi connectivity index (χ1) is 11.8. The average Bonchev–Trinajstić information content (AvgIpc) is 3.09. The lowest BCUT2D eigenvalue weighted by atomic mass is 10.2. The van der Waals surface area contributed by atoms with Gasteiger partial charge in [-0.15, -0.1) is 0 Å². The lowest BCUT2D eigenvalue weighted by Gasteiger charge is -2.16. The normalized spacial score (nSPS) is 20.0. The van der Waals surface area contributed by atoms with E-state index in [9.17, 15) is 18.5 Å². The first-order valence-corrected chi connectivity index (χ1v) is 9.63. The van der Waals surface area contributed by atoms with Crippen molar-refractivity contribution in [2.75, 3.05) is 7.05 Å². The van der Waals surface area contributed by atoms with Crippen LogP contribution in [0.1, 0.15) is 36.3 Å². The van der Waals surface area contributed by atoms with E-state index in [2.05, 4.69) is 6.92 Å². The molecule has 0 aliphatic heterocycles. The van der Waals surface area contributed by atoms with Gasteiger partial charge >= 0.3 is 0 Å². The Bertz CT molecular complexity index is 873. The van der Waals surface area contributed by atoms with E-state index in [-0.39, 0.29) is 18.0 Å². The molecular weight excluding hydrogens is 344 g/mol. The molecule has 8 heteroatoms. The molecule has 1 aromatic carbocycles. The summed E-state index contributed by atoms with van der Waals surface area (Å²) in [5.41, 5.74) is 0.441. The molecule has 1 aromatic heterocycles. The van der Waals surface area contributed by atoms with Crippen LogP contribution in [0.2, 0.25) is 0 Å². The highest BCUT2D eigenvalue weighted by Gasteiger charge is 2.36. The second-order valence-electron chi connectivity index (χ2n) is 6.56. The highest BCUT2D eigenvalue weighted by molar-refractivity contribution is 7.88. The van der Waals surface area contributed by atoms with Gasteiger partial charge in [-0.3, -0.25) is 10.1 Å². The van der Waals surface area contributed by atoms with Crippen molar-refractivity contribution < 1.29 is 17.8 Å². The number of non-ortho nitro benzene ring substituents is 1. The van der Waals surface area contributed by atoms with Crippen LogP contribution in [0.15, 0.2) is 40.8 Å². The molecule has 1 heterocycles. The highest BCUT2D eigenvalue weighted by Crippen LogP contribution is 2.47. The Morgan fingerprint density at radius 2 is 1.88 bits per heavy atom. The van der Waals surface area contributed by atoms with Crippen LogP contribution in [0.5, 0.6) is 0 Å². The van der Waals surface area contributed by atoms with Crippen LogP contribution in [0, 0.1) is 16.0 Å². The van der Waals surface area contributed by atoms with Crippen molar-refractivity contribution >= 4 is 15.7 Å². The minimum Gasteiger partial charge on any atom is -0.464 e. The molecule has 2 unspecified atom stereocenters. The molecule has 1 saturated carbocycles. The maximum atomic E-state index is 12.5. The number of nitrogens with zero attached hydrogens (tertiary/aromatic N) is 2. The zero-order valence-corrected chi connectivity index (χ0v) is 14.9. The van der Waals surface area contributed by atoms with Crippen LogP contribution in [-0.2, 0) is 22.3 Å². The number of sulfonamides is 1. The minimum absolute atomic E-state index is 0.0630. The van der Waals surface area contributed by atoms with E-state index in [1.54, 1.807) is 0 Å². The Kier molecular flexibility index (Phi) is 4.66. The monoisotopic (exact) mass is 364 g/mol. The lowest BCUT2D eigenvalue weighted by Crippen LogP contribution is -2.27. The second-order valence-corrected chi connectivity index (χ2v) is 8.64. The predicted molar refractivity (Wildman–Crippen MR) is 92.4 cm³/mol. The number of rotatable bonds is 7. The maximum Gasteiger partial charge on any atom is 0.269 e. The molecule has 3 rings (SSSR count). The van der Waals surface area contributed by atoms with E-state index in [1.165, 1.54) is 35.6 Å². The van der Waals surface area contributed by atoms with Gasteiger partial charge < -0.3 is 4.42 Å². The van der Waals surface area contributed by atoms with E-state index in [4.69, 9.17) is 4.42 Å². The molecule has 2 aromatic rings. The van der Waals surface area contributed by atoms with Gasteiger partial charge in [0.15, 0.2) is 0 Å². The van der Waals surface area contributed by atoms with Crippen LogP contribution in [0.25, 0.3) is 0 Å².